The smallest absolute Gasteiger partial charge is 0.191 e. The zero-order chi connectivity index (χ0) is 11.4. The van der Waals surface area contributed by atoms with Crippen molar-refractivity contribution in [2.45, 2.75) is 33.6 Å². The molecular weight excluding hydrogens is 317 g/mol. The lowest BCUT2D eigenvalue weighted by Gasteiger charge is -2.10. The molecule has 16 heavy (non-hydrogen) atoms. The highest BCUT2D eigenvalue weighted by Gasteiger charge is 1.94. The molecule has 0 radical (unpaired) electrons. The maximum Gasteiger partial charge on any atom is 0.191 e. The van der Waals surface area contributed by atoms with E-state index in [4.69, 9.17) is 4.74 Å². The minimum Gasteiger partial charge on any atom is -0.380 e. The first-order valence-electron chi connectivity index (χ1n) is 5.95. The molecule has 0 aliphatic heterocycles. The number of nitrogens with one attached hydrogen (secondary N) is 2. The van der Waals surface area contributed by atoms with Gasteiger partial charge in [-0.15, -0.1) is 24.0 Å². The molecule has 0 aromatic rings. The van der Waals surface area contributed by atoms with Gasteiger partial charge in [0.1, 0.15) is 0 Å². The molecule has 2 N–H and O–H groups in total. The van der Waals surface area contributed by atoms with Gasteiger partial charge in [0.25, 0.3) is 0 Å². The van der Waals surface area contributed by atoms with Crippen LogP contribution in [0, 0.1) is 0 Å². The second-order valence-electron chi connectivity index (χ2n) is 3.24. The van der Waals surface area contributed by atoms with Gasteiger partial charge in [0.2, 0.25) is 0 Å². The number of hydrogen-bond acceptors (Lipinski definition) is 2. The summed E-state index contributed by atoms with van der Waals surface area (Å²) >= 11 is 0. The fourth-order valence-corrected chi connectivity index (χ4v) is 1.08. The summed E-state index contributed by atoms with van der Waals surface area (Å²) in [6.45, 7) is 10.3. The SMILES string of the molecule is CCCCN=C(NCC)NCCOCC.I. The molecule has 0 rings (SSSR count). The van der Waals surface area contributed by atoms with Crippen molar-refractivity contribution in [1.29, 1.82) is 0 Å². The van der Waals surface area contributed by atoms with E-state index in [1.54, 1.807) is 0 Å². The van der Waals surface area contributed by atoms with Gasteiger partial charge in [0.05, 0.1) is 6.61 Å². The molecule has 0 aromatic carbocycles. The third-order valence-corrected chi connectivity index (χ3v) is 1.87. The third-order valence-electron chi connectivity index (χ3n) is 1.87. The lowest BCUT2D eigenvalue weighted by atomic mass is 10.3. The van der Waals surface area contributed by atoms with Gasteiger partial charge in [-0.3, -0.25) is 4.99 Å². The molecule has 0 saturated carbocycles. The van der Waals surface area contributed by atoms with Crippen LogP contribution in [0.5, 0.6) is 0 Å². The summed E-state index contributed by atoms with van der Waals surface area (Å²) in [7, 11) is 0. The summed E-state index contributed by atoms with van der Waals surface area (Å²) in [6.07, 6.45) is 2.32. The second-order valence-corrected chi connectivity index (χ2v) is 3.24. The van der Waals surface area contributed by atoms with Gasteiger partial charge in [-0.1, -0.05) is 13.3 Å². The number of ether oxygens (including phenoxy) is 1. The van der Waals surface area contributed by atoms with Gasteiger partial charge in [0, 0.05) is 26.2 Å². The van der Waals surface area contributed by atoms with Crippen molar-refractivity contribution in [3.63, 3.8) is 0 Å². The summed E-state index contributed by atoms with van der Waals surface area (Å²) in [4.78, 5) is 4.44. The van der Waals surface area contributed by atoms with E-state index in [-0.39, 0.29) is 24.0 Å². The molecule has 0 spiro atoms. The van der Waals surface area contributed by atoms with Crippen LogP contribution in [0.4, 0.5) is 0 Å². The zero-order valence-corrected chi connectivity index (χ0v) is 13.0. The first-order chi connectivity index (χ1) is 7.35. The van der Waals surface area contributed by atoms with Crippen LogP contribution in [0.2, 0.25) is 0 Å². The Labute approximate surface area is 117 Å². The Morgan fingerprint density at radius 2 is 1.94 bits per heavy atom. The molecule has 0 fully saturated rings. The van der Waals surface area contributed by atoms with Gasteiger partial charge < -0.3 is 15.4 Å². The predicted molar refractivity (Wildman–Crippen MR) is 80.8 cm³/mol. The highest BCUT2D eigenvalue weighted by Crippen LogP contribution is 1.86. The summed E-state index contributed by atoms with van der Waals surface area (Å²) in [5.74, 6) is 0.894. The largest absolute Gasteiger partial charge is 0.380 e. The van der Waals surface area contributed by atoms with E-state index in [0.717, 1.165) is 45.2 Å². The molecule has 98 valence electrons. The van der Waals surface area contributed by atoms with Crippen molar-refractivity contribution < 1.29 is 4.74 Å². The van der Waals surface area contributed by atoms with Crippen LogP contribution in [0.3, 0.4) is 0 Å². The van der Waals surface area contributed by atoms with Crippen LogP contribution < -0.4 is 10.6 Å². The summed E-state index contributed by atoms with van der Waals surface area (Å²) in [5.41, 5.74) is 0. The number of nitrogens with zero attached hydrogens (tertiary/aromatic N) is 1. The van der Waals surface area contributed by atoms with Crippen LogP contribution in [0.25, 0.3) is 0 Å². The average molecular weight is 343 g/mol. The van der Waals surface area contributed by atoms with Crippen LogP contribution in [-0.4, -0.2) is 38.8 Å². The van der Waals surface area contributed by atoms with Gasteiger partial charge in [-0.2, -0.15) is 0 Å². The number of hydrogen-bond donors (Lipinski definition) is 2. The molecule has 0 aliphatic carbocycles. The minimum absolute atomic E-state index is 0. The van der Waals surface area contributed by atoms with E-state index in [2.05, 4.69) is 29.5 Å². The van der Waals surface area contributed by atoms with Crippen LogP contribution in [-0.2, 0) is 4.74 Å². The standard InChI is InChI=1S/C11H25N3O.HI/c1-4-7-8-13-11(12-5-2)14-9-10-15-6-3;/h4-10H2,1-3H3,(H2,12,13,14);1H. The second kappa shape index (κ2) is 15.0. The minimum atomic E-state index is 0. The highest BCUT2D eigenvalue weighted by molar-refractivity contribution is 14.0. The maximum atomic E-state index is 5.24. The number of aliphatic imine (C=N–C) groups is 1. The fourth-order valence-electron chi connectivity index (χ4n) is 1.08. The first-order valence-corrected chi connectivity index (χ1v) is 5.95. The maximum absolute atomic E-state index is 5.24. The highest BCUT2D eigenvalue weighted by atomic mass is 127. The Balaban J connectivity index is 0. The molecule has 0 unspecified atom stereocenters. The molecule has 5 heteroatoms. The zero-order valence-electron chi connectivity index (χ0n) is 10.7. The average Bonchev–Trinajstić information content (AvgIpc) is 2.24. The molecule has 0 atom stereocenters. The Kier molecular flexibility index (Phi) is 17.1. The van der Waals surface area contributed by atoms with E-state index >= 15 is 0 Å². The Morgan fingerprint density at radius 3 is 2.50 bits per heavy atom. The number of unbranched alkanes of at least 4 members (excludes halogenated alkanes) is 1. The Bertz CT molecular complexity index is 165. The Hall–Kier alpha value is -0.0400. The lowest BCUT2D eigenvalue weighted by Crippen LogP contribution is -2.39. The Morgan fingerprint density at radius 1 is 1.19 bits per heavy atom. The number of halogens is 1. The number of guanidine groups is 1. The fraction of sp³-hybridized carbons (Fsp3) is 0.909. The lowest BCUT2D eigenvalue weighted by molar-refractivity contribution is 0.152. The molecule has 4 nitrogen and oxygen atoms in total. The van der Waals surface area contributed by atoms with Gasteiger partial charge in [0.15, 0.2) is 5.96 Å². The molecule has 0 saturated heterocycles. The predicted octanol–water partition coefficient (Wildman–Crippen LogP) is 2.00. The molecule has 0 aromatic heterocycles. The molecule has 0 bridgehead atoms. The molecular formula is C11H26IN3O. The molecule has 0 amide bonds. The van der Waals surface area contributed by atoms with Crippen molar-refractivity contribution in [3.05, 3.63) is 0 Å². The first kappa shape index (κ1) is 18.3. The molecule has 0 aliphatic rings. The monoisotopic (exact) mass is 343 g/mol. The van der Waals surface area contributed by atoms with Gasteiger partial charge in [-0.05, 0) is 20.3 Å². The van der Waals surface area contributed by atoms with Gasteiger partial charge in [-0.25, -0.2) is 0 Å². The third kappa shape index (κ3) is 12.0. The van der Waals surface area contributed by atoms with Crippen LogP contribution in [0.15, 0.2) is 4.99 Å². The molecule has 0 heterocycles. The quantitative estimate of drug-likeness (QED) is 0.307. The van der Waals surface area contributed by atoms with Crippen LogP contribution >= 0.6 is 24.0 Å². The van der Waals surface area contributed by atoms with Gasteiger partial charge >= 0.3 is 0 Å². The summed E-state index contributed by atoms with van der Waals surface area (Å²) < 4.78 is 5.24. The number of rotatable bonds is 8. The van der Waals surface area contributed by atoms with E-state index in [1.807, 2.05) is 6.92 Å². The van der Waals surface area contributed by atoms with E-state index in [0.29, 0.717) is 0 Å². The van der Waals surface area contributed by atoms with Crippen molar-refractivity contribution in [2.24, 2.45) is 4.99 Å². The van der Waals surface area contributed by atoms with Crippen LogP contribution in [0.1, 0.15) is 33.6 Å². The summed E-state index contributed by atoms with van der Waals surface area (Å²) in [5, 5.41) is 6.43. The van der Waals surface area contributed by atoms with Crippen molar-refractivity contribution in [1.82, 2.24) is 10.6 Å². The van der Waals surface area contributed by atoms with Crippen molar-refractivity contribution in [2.75, 3.05) is 32.8 Å². The van der Waals surface area contributed by atoms with Crippen molar-refractivity contribution >= 4 is 29.9 Å². The normalized spacial score (nSPS) is 10.8. The topological polar surface area (TPSA) is 45.7 Å². The van der Waals surface area contributed by atoms with E-state index in [9.17, 15) is 0 Å². The van der Waals surface area contributed by atoms with Crippen molar-refractivity contribution in [3.8, 4) is 0 Å². The van der Waals surface area contributed by atoms with E-state index in [1.165, 1.54) is 6.42 Å². The van der Waals surface area contributed by atoms with E-state index < -0.39 is 0 Å². The summed E-state index contributed by atoms with van der Waals surface area (Å²) in [6, 6.07) is 0.